The number of hydrogen-bond acceptors (Lipinski definition) is 2. The van der Waals surface area contributed by atoms with E-state index < -0.39 is 17.8 Å². The van der Waals surface area contributed by atoms with Gasteiger partial charge in [0, 0.05) is 11.1 Å². The number of aliphatic hydroxyl groups excluding tert-OH is 1. The van der Waals surface area contributed by atoms with Crippen LogP contribution in [0.3, 0.4) is 0 Å². The SMILES string of the molecule is Cc1oc(-c2ccc(C(F)(F)F)cc2)cc1C(O)C1CCCCC1. The van der Waals surface area contributed by atoms with Crippen molar-refractivity contribution in [2.24, 2.45) is 5.92 Å². The van der Waals surface area contributed by atoms with Crippen LogP contribution >= 0.6 is 0 Å². The second kappa shape index (κ2) is 6.63. The lowest BCUT2D eigenvalue weighted by molar-refractivity contribution is -0.137. The largest absolute Gasteiger partial charge is 0.461 e. The van der Waals surface area contributed by atoms with Crippen LogP contribution in [0.1, 0.15) is 55.1 Å². The molecule has 0 bridgehead atoms. The van der Waals surface area contributed by atoms with E-state index in [0.717, 1.165) is 43.4 Å². The summed E-state index contributed by atoms with van der Waals surface area (Å²) < 4.78 is 43.6. The average molecular weight is 338 g/mol. The molecule has 0 spiro atoms. The molecule has 1 aromatic carbocycles. The fourth-order valence-electron chi connectivity index (χ4n) is 3.46. The first-order valence-electron chi connectivity index (χ1n) is 8.32. The summed E-state index contributed by atoms with van der Waals surface area (Å²) in [6.07, 6.45) is 0.555. The van der Waals surface area contributed by atoms with E-state index in [9.17, 15) is 18.3 Å². The Balaban J connectivity index is 1.83. The van der Waals surface area contributed by atoms with Crippen LogP contribution in [0.5, 0.6) is 0 Å². The Morgan fingerprint density at radius 1 is 1.08 bits per heavy atom. The van der Waals surface area contributed by atoms with E-state index in [1.54, 1.807) is 13.0 Å². The molecule has 1 fully saturated rings. The smallest absolute Gasteiger partial charge is 0.416 e. The molecular formula is C19H21F3O2. The van der Waals surface area contributed by atoms with Crippen LogP contribution < -0.4 is 0 Å². The van der Waals surface area contributed by atoms with Gasteiger partial charge in [-0.15, -0.1) is 0 Å². The number of aryl methyl sites for hydroxylation is 1. The molecule has 3 rings (SSSR count). The molecule has 1 heterocycles. The molecule has 1 aliphatic carbocycles. The molecule has 1 N–H and O–H groups in total. The lowest BCUT2D eigenvalue weighted by Gasteiger charge is -2.26. The van der Waals surface area contributed by atoms with E-state index in [0.29, 0.717) is 17.1 Å². The van der Waals surface area contributed by atoms with Crippen molar-refractivity contribution in [3.05, 3.63) is 47.2 Å². The molecule has 5 heteroatoms. The van der Waals surface area contributed by atoms with Crippen molar-refractivity contribution >= 4 is 0 Å². The zero-order chi connectivity index (χ0) is 17.3. The Labute approximate surface area is 139 Å². The van der Waals surface area contributed by atoms with E-state index in [1.807, 2.05) is 0 Å². The fraction of sp³-hybridized carbons (Fsp3) is 0.474. The van der Waals surface area contributed by atoms with E-state index in [-0.39, 0.29) is 5.92 Å². The van der Waals surface area contributed by atoms with Crippen LogP contribution in [0.4, 0.5) is 13.2 Å². The molecule has 1 saturated carbocycles. The molecule has 0 radical (unpaired) electrons. The average Bonchev–Trinajstić information content (AvgIpc) is 2.96. The standard InChI is InChI=1S/C19H21F3O2/c1-12-16(18(23)14-5-3-2-4-6-14)11-17(24-12)13-7-9-15(10-8-13)19(20,21)22/h7-11,14,18,23H,2-6H2,1H3. The predicted octanol–water partition coefficient (Wildman–Crippen LogP) is 5.89. The molecule has 2 nitrogen and oxygen atoms in total. The van der Waals surface area contributed by atoms with Gasteiger partial charge in [-0.3, -0.25) is 0 Å². The van der Waals surface area contributed by atoms with Crippen molar-refractivity contribution in [2.45, 2.75) is 51.3 Å². The van der Waals surface area contributed by atoms with Crippen LogP contribution in [-0.4, -0.2) is 5.11 Å². The quantitative estimate of drug-likeness (QED) is 0.757. The third-order valence-corrected chi connectivity index (χ3v) is 4.87. The third kappa shape index (κ3) is 3.51. The maximum absolute atomic E-state index is 12.6. The Hall–Kier alpha value is -1.75. The lowest BCUT2D eigenvalue weighted by Crippen LogP contribution is -2.16. The molecule has 1 unspecified atom stereocenters. The number of alkyl halides is 3. The minimum atomic E-state index is -4.35. The van der Waals surface area contributed by atoms with Crippen molar-refractivity contribution in [3.63, 3.8) is 0 Å². The fourth-order valence-corrected chi connectivity index (χ4v) is 3.46. The highest BCUT2D eigenvalue weighted by Gasteiger charge is 2.30. The van der Waals surface area contributed by atoms with Crippen LogP contribution in [0, 0.1) is 12.8 Å². The highest BCUT2D eigenvalue weighted by atomic mass is 19.4. The van der Waals surface area contributed by atoms with Gasteiger partial charge < -0.3 is 9.52 Å². The van der Waals surface area contributed by atoms with Crippen LogP contribution in [0.2, 0.25) is 0 Å². The van der Waals surface area contributed by atoms with Gasteiger partial charge in [0.05, 0.1) is 11.7 Å². The molecule has 130 valence electrons. The maximum atomic E-state index is 12.6. The molecule has 24 heavy (non-hydrogen) atoms. The summed E-state index contributed by atoms with van der Waals surface area (Å²) in [5, 5.41) is 10.6. The minimum Gasteiger partial charge on any atom is -0.461 e. The van der Waals surface area contributed by atoms with Crippen molar-refractivity contribution in [3.8, 4) is 11.3 Å². The summed E-state index contributed by atoms with van der Waals surface area (Å²) >= 11 is 0. The number of benzene rings is 1. The second-order valence-corrected chi connectivity index (χ2v) is 6.54. The van der Waals surface area contributed by atoms with Gasteiger partial charge in [-0.1, -0.05) is 31.4 Å². The first-order chi connectivity index (χ1) is 11.4. The highest BCUT2D eigenvalue weighted by Crippen LogP contribution is 2.38. The number of halogens is 3. The van der Waals surface area contributed by atoms with Gasteiger partial charge in [-0.25, -0.2) is 0 Å². The third-order valence-electron chi connectivity index (χ3n) is 4.87. The Bertz CT molecular complexity index is 680. The maximum Gasteiger partial charge on any atom is 0.416 e. The summed E-state index contributed by atoms with van der Waals surface area (Å²) in [6, 6.07) is 6.65. The summed E-state index contributed by atoms with van der Waals surface area (Å²) in [7, 11) is 0. The Morgan fingerprint density at radius 3 is 2.29 bits per heavy atom. The van der Waals surface area contributed by atoms with Crippen molar-refractivity contribution in [1.82, 2.24) is 0 Å². The molecule has 0 aliphatic heterocycles. The second-order valence-electron chi connectivity index (χ2n) is 6.54. The van der Waals surface area contributed by atoms with Gasteiger partial charge in [-0.05, 0) is 43.9 Å². The topological polar surface area (TPSA) is 33.4 Å². The van der Waals surface area contributed by atoms with Gasteiger partial charge in [0.1, 0.15) is 11.5 Å². The normalized spacial score (nSPS) is 17.9. The molecular weight excluding hydrogens is 317 g/mol. The van der Waals surface area contributed by atoms with E-state index in [4.69, 9.17) is 4.42 Å². The summed E-state index contributed by atoms with van der Waals surface area (Å²) in [6.45, 7) is 1.79. The van der Waals surface area contributed by atoms with Crippen molar-refractivity contribution in [1.29, 1.82) is 0 Å². The van der Waals surface area contributed by atoms with E-state index in [2.05, 4.69) is 0 Å². The Morgan fingerprint density at radius 2 is 1.71 bits per heavy atom. The monoisotopic (exact) mass is 338 g/mol. The molecule has 2 aromatic rings. The van der Waals surface area contributed by atoms with Gasteiger partial charge >= 0.3 is 6.18 Å². The number of furan rings is 1. The van der Waals surface area contributed by atoms with E-state index >= 15 is 0 Å². The van der Waals surface area contributed by atoms with Gasteiger partial charge in [0.15, 0.2) is 0 Å². The predicted molar refractivity (Wildman–Crippen MR) is 85.4 cm³/mol. The number of rotatable bonds is 3. The Kier molecular flexibility index (Phi) is 4.72. The highest BCUT2D eigenvalue weighted by molar-refractivity contribution is 5.59. The van der Waals surface area contributed by atoms with Gasteiger partial charge in [-0.2, -0.15) is 13.2 Å². The van der Waals surface area contributed by atoms with Crippen LogP contribution in [0.25, 0.3) is 11.3 Å². The van der Waals surface area contributed by atoms with Crippen LogP contribution in [0.15, 0.2) is 34.7 Å². The number of hydrogen-bond donors (Lipinski definition) is 1. The molecule has 0 saturated heterocycles. The first-order valence-corrected chi connectivity index (χ1v) is 8.32. The zero-order valence-corrected chi connectivity index (χ0v) is 13.6. The summed E-state index contributed by atoms with van der Waals surface area (Å²) in [4.78, 5) is 0. The molecule has 1 atom stereocenters. The van der Waals surface area contributed by atoms with Crippen LogP contribution in [-0.2, 0) is 6.18 Å². The lowest BCUT2D eigenvalue weighted by atomic mass is 9.83. The molecule has 1 aromatic heterocycles. The molecule has 0 amide bonds. The summed E-state index contributed by atoms with van der Waals surface area (Å²) in [5.41, 5.74) is 0.641. The van der Waals surface area contributed by atoms with Crippen molar-refractivity contribution < 1.29 is 22.7 Å². The summed E-state index contributed by atoms with van der Waals surface area (Å²) in [5.74, 6) is 1.35. The van der Waals surface area contributed by atoms with Crippen molar-refractivity contribution in [2.75, 3.05) is 0 Å². The van der Waals surface area contributed by atoms with E-state index in [1.165, 1.54) is 18.6 Å². The van der Waals surface area contributed by atoms with Gasteiger partial charge in [0.25, 0.3) is 0 Å². The minimum absolute atomic E-state index is 0.232. The first kappa shape index (κ1) is 17.1. The zero-order valence-electron chi connectivity index (χ0n) is 13.6. The molecule has 1 aliphatic rings. The number of aliphatic hydroxyl groups is 1. The van der Waals surface area contributed by atoms with Gasteiger partial charge in [0.2, 0.25) is 0 Å².